The highest BCUT2D eigenvalue weighted by molar-refractivity contribution is 8.00. The summed E-state index contributed by atoms with van der Waals surface area (Å²) in [6.07, 6.45) is 5.61. The van der Waals surface area contributed by atoms with Crippen molar-refractivity contribution in [2.75, 3.05) is 6.54 Å². The molecule has 2 heteroatoms. The average Bonchev–Trinajstić information content (AvgIpc) is 2.40. The van der Waals surface area contributed by atoms with Gasteiger partial charge in [-0.25, -0.2) is 0 Å². The minimum absolute atomic E-state index is 0.843. The van der Waals surface area contributed by atoms with Gasteiger partial charge in [0.2, 0.25) is 0 Å². The van der Waals surface area contributed by atoms with Gasteiger partial charge in [0.15, 0.2) is 0 Å². The zero-order valence-electron chi connectivity index (χ0n) is 11.6. The van der Waals surface area contributed by atoms with E-state index in [0.29, 0.717) is 0 Å². The molecule has 1 aliphatic rings. The second-order valence-electron chi connectivity index (χ2n) is 5.43. The number of hydrogen-bond acceptors (Lipinski definition) is 2. The van der Waals surface area contributed by atoms with Crippen LogP contribution in [-0.2, 0) is 6.54 Å². The van der Waals surface area contributed by atoms with Gasteiger partial charge in [-0.3, -0.25) is 0 Å². The third-order valence-electron chi connectivity index (χ3n) is 3.74. The Hall–Kier alpha value is -0.470. The Balaban J connectivity index is 1.88. The first-order valence-electron chi connectivity index (χ1n) is 7.24. The highest BCUT2D eigenvalue weighted by Crippen LogP contribution is 2.35. The van der Waals surface area contributed by atoms with E-state index in [1.165, 1.54) is 36.1 Å². The molecular formula is C16H25NS. The van der Waals surface area contributed by atoms with E-state index in [1.807, 2.05) is 0 Å². The van der Waals surface area contributed by atoms with Crippen molar-refractivity contribution in [3.05, 3.63) is 29.8 Å². The Morgan fingerprint density at radius 2 is 2.00 bits per heavy atom. The molecule has 1 aliphatic carbocycles. The van der Waals surface area contributed by atoms with Gasteiger partial charge < -0.3 is 5.32 Å². The topological polar surface area (TPSA) is 12.0 Å². The predicted octanol–water partition coefficient (Wildman–Crippen LogP) is 4.47. The lowest BCUT2D eigenvalue weighted by atomic mass is 9.91. The van der Waals surface area contributed by atoms with E-state index in [4.69, 9.17) is 0 Å². The Labute approximate surface area is 116 Å². The molecule has 0 heterocycles. The van der Waals surface area contributed by atoms with Crippen LogP contribution in [0.3, 0.4) is 0 Å². The van der Waals surface area contributed by atoms with Crippen LogP contribution in [0.15, 0.2) is 29.2 Å². The zero-order chi connectivity index (χ0) is 12.8. The molecule has 0 aliphatic heterocycles. The lowest BCUT2D eigenvalue weighted by Crippen LogP contribution is -2.14. The molecule has 1 aromatic carbocycles. The van der Waals surface area contributed by atoms with Gasteiger partial charge in [-0.1, -0.05) is 26.0 Å². The number of benzene rings is 1. The maximum Gasteiger partial charge on any atom is 0.0205 e. The maximum absolute atomic E-state index is 3.39. The molecule has 0 amide bonds. The van der Waals surface area contributed by atoms with Crippen molar-refractivity contribution in [2.45, 2.75) is 56.2 Å². The van der Waals surface area contributed by atoms with Gasteiger partial charge in [-0.2, -0.15) is 0 Å². The molecule has 1 fully saturated rings. The van der Waals surface area contributed by atoms with Crippen molar-refractivity contribution < 1.29 is 0 Å². The van der Waals surface area contributed by atoms with E-state index in [2.05, 4.69) is 55.2 Å². The van der Waals surface area contributed by atoms with E-state index in [0.717, 1.165) is 24.3 Å². The normalized spacial score (nSPS) is 24.1. The molecule has 1 aromatic rings. The van der Waals surface area contributed by atoms with E-state index in [-0.39, 0.29) is 0 Å². The molecule has 1 N–H and O–H groups in total. The monoisotopic (exact) mass is 263 g/mol. The van der Waals surface area contributed by atoms with Gasteiger partial charge in [0.05, 0.1) is 0 Å². The summed E-state index contributed by atoms with van der Waals surface area (Å²) in [6.45, 7) is 6.57. The van der Waals surface area contributed by atoms with E-state index < -0.39 is 0 Å². The molecule has 0 saturated heterocycles. The molecule has 0 unspecified atom stereocenters. The van der Waals surface area contributed by atoms with Crippen LogP contribution in [0.25, 0.3) is 0 Å². The van der Waals surface area contributed by atoms with Crippen molar-refractivity contribution in [1.29, 1.82) is 0 Å². The quantitative estimate of drug-likeness (QED) is 0.841. The van der Waals surface area contributed by atoms with Crippen molar-refractivity contribution >= 4 is 11.8 Å². The van der Waals surface area contributed by atoms with Crippen LogP contribution in [0.1, 0.15) is 45.1 Å². The molecular weight excluding hydrogens is 238 g/mol. The minimum Gasteiger partial charge on any atom is -0.313 e. The lowest BCUT2D eigenvalue weighted by molar-refractivity contribution is 0.393. The summed E-state index contributed by atoms with van der Waals surface area (Å²) in [5.74, 6) is 0.946. The molecule has 18 heavy (non-hydrogen) atoms. The smallest absolute Gasteiger partial charge is 0.0205 e. The Morgan fingerprint density at radius 3 is 2.72 bits per heavy atom. The number of hydrogen-bond donors (Lipinski definition) is 1. The molecule has 2 rings (SSSR count). The SMILES string of the molecule is CCNCc1cccc(SC2CCC(C)CC2)c1. The standard InChI is InChI=1S/C16H25NS/c1-3-17-12-14-5-4-6-16(11-14)18-15-9-7-13(2)8-10-15/h4-6,11,13,15,17H,3,7-10,12H2,1-2H3. The Morgan fingerprint density at radius 1 is 1.22 bits per heavy atom. The fourth-order valence-corrected chi connectivity index (χ4v) is 3.81. The average molecular weight is 263 g/mol. The first kappa shape index (κ1) is 14.0. The second-order valence-corrected chi connectivity index (χ2v) is 6.80. The first-order chi connectivity index (χ1) is 8.78. The van der Waals surface area contributed by atoms with E-state index in [1.54, 1.807) is 0 Å². The molecule has 100 valence electrons. The summed E-state index contributed by atoms with van der Waals surface area (Å²) < 4.78 is 0. The third kappa shape index (κ3) is 4.33. The zero-order valence-corrected chi connectivity index (χ0v) is 12.4. The van der Waals surface area contributed by atoms with Crippen LogP contribution in [0.2, 0.25) is 0 Å². The van der Waals surface area contributed by atoms with Crippen LogP contribution in [0.5, 0.6) is 0 Å². The molecule has 0 radical (unpaired) electrons. The molecule has 0 spiro atoms. The minimum atomic E-state index is 0.843. The van der Waals surface area contributed by atoms with Crippen LogP contribution >= 0.6 is 11.8 Å². The fourth-order valence-electron chi connectivity index (χ4n) is 2.54. The van der Waals surface area contributed by atoms with Gasteiger partial charge in [-0.05, 0) is 55.8 Å². The van der Waals surface area contributed by atoms with Crippen LogP contribution < -0.4 is 5.32 Å². The first-order valence-corrected chi connectivity index (χ1v) is 8.12. The highest BCUT2D eigenvalue weighted by atomic mass is 32.2. The van der Waals surface area contributed by atoms with Crippen molar-refractivity contribution in [3.63, 3.8) is 0 Å². The molecule has 0 atom stereocenters. The maximum atomic E-state index is 3.39. The molecule has 0 bridgehead atoms. The summed E-state index contributed by atoms with van der Waals surface area (Å²) in [5, 5.41) is 4.24. The highest BCUT2D eigenvalue weighted by Gasteiger charge is 2.18. The number of nitrogens with one attached hydrogen (secondary N) is 1. The summed E-state index contributed by atoms with van der Waals surface area (Å²) >= 11 is 2.09. The summed E-state index contributed by atoms with van der Waals surface area (Å²) in [6, 6.07) is 9.03. The molecule has 1 nitrogen and oxygen atoms in total. The van der Waals surface area contributed by atoms with Gasteiger partial charge in [0.1, 0.15) is 0 Å². The molecule has 0 aromatic heterocycles. The lowest BCUT2D eigenvalue weighted by Gasteiger charge is -2.25. The fraction of sp³-hybridized carbons (Fsp3) is 0.625. The Bertz CT molecular complexity index is 356. The molecule has 1 saturated carbocycles. The van der Waals surface area contributed by atoms with Gasteiger partial charge in [0.25, 0.3) is 0 Å². The summed E-state index contributed by atoms with van der Waals surface area (Å²) in [5.41, 5.74) is 1.41. The third-order valence-corrected chi connectivity index (χ3v) is 5.07. The van der Waals surface area contributed by atoms with E-state index >= 15 is 0 Å². The number of rotatable bonds is 5. The predicted molar refractivity (Wildman–Crippen MR) is 81.1 cm³/mol. The second kappa shape index (κ2) is 7.20. The van der Waals surface area contributed by atoms with E-state index in [9.17, 15) is 0 Å². The number of thioether (sulfide) groups is 1. The van der Waals surface area contributed by atoms with Gasteiger partial charge in [0, 0.05) is 16.7 Å². The van der Waals surface area contributed by atoms with Crippen molar-refractivity contribution in [3.8, 4) is 0 Å². The van der Waals surface area contributed by atoms with Crippen molar-refractivity contribution in [2.24, 2.45) is 5.92 Å². The van der Waals surface area contributed by atoms with Crippen LogP contribution in [0, 0.1) is 5.92 Å². The largest absolute Gasteiger partial charge is 0.313 e. The van der Waals surface area contributed by atoms with Crippen molar-refractivity contribution in [1.82, 2.24) is 5.32 Å². The van der Waals surface area contributed by atoms with Crippen LogP contribution in [0.4, 0.5) is 0 Å². The Kier molecular flexibility index (Phi) is 5.58. The summed E-state index contributed by atoms with van der Waals surface area (Å²) in [7, 11) is 0. The van der Waals surface area contributed by atoms with Gasteiger partial charge in [-0.15, -0.1) is 11.8 Å². The van der Waals surface area contributed by atoms with Gasteiger partial charge >= 0.3 is 0 Å². The van der Waals surface area contributed by atoms with Crippen LogP contribution in [-0.4, -0.2) is 11.8 Å². The summed E-state index contributed by atoms with van der Waals surface area (Å²) in [4.78, 5) is 1.45.